The van der Waals surface area contributed by atoms with Gasteiger partial charge >= 0.3 is 0 Å². The smallest absolute Gasteiger partial charge is 0.198 e. The van der Waals surface area contributed by atoms with Gasteiger partial charge in [0.25, 0.3) is 0 Å². The van der Waals surface area contributed by atoms with Gasteiger partial charge in [-0.25, -0.2) is 14.5 Å². The summed E-state index contributed by atoms with van der Waals surface area (Å²) in [6.45, 7) is 4.72. The van der Waals surface area contributed by atoms with E-state index in [-0.39, 0.29) is 0 Å². The van der Waals surface area contributed by atoms with Crippen molar-refractivity contribution in [2.24, 2.45) is 0 Å². The molecule has 3 aromatic rings. The Bertz CT molecular complexity index is 1080. The van der Waals surface area contributed by atoms with Gasteiger partial charge in [0.2, 0.25) is 0 Å². The molecule has 2 fully saturated rings. The number of H-pyrrole nitrogens is 1. The molecule has 3 aromatic heterocycles. The SMILES string of the molecule is Cc1nc2c(NC3CC4CC[C@@H](C3)N4CCC#N)nc(Nc3cc(C)[nH]n3)cn2n1. The molecule has 5 heterocycles. The lowest BCUT2D eigenvalue weighted by Crippen LogP contribution is -2.47. The largest absolute Gasteiger partial charge is 0.364 e. The molecule has 30 heavy (non-hydrogen) atoms. The van der Waals surface area contributed by atoms with Crippen LogP contribution in [0.25, 0.3) is 5.65 Å². The minimum Gasteiger partial charge on any atom is -0.364 e. The van der Waals surface area contributed by atoms with Crippen molar-refractivity contribution >= 4 is 23.1 Å². The molecule has 0 aliphatic carbocycles. The Morgan fingerprint density at radius 3 is 2.70 bits per heavy atom. The third-order valence-corrected chi connectivity index (χ3v) is 6.09. The van der Waals surface area contributed by atoms with E-state index in [1.807, 2.05) is 26.1 Å². The van der Waals surface area contributed by atoms with Crippen molar-refractivity contribution < 1.29 is 0 Å². The van der Waals surface area contributed by atoms with Crippen molar-refractivity contribution in [3.63, 3.8) is 0 Å². The molecule has 2 unspecified atom stereocenters. The van der Waals surface area contributed by atoms with Crippen LogP contribution in [-0.2, 0) is 0 Å². The quantitative estimate of drug-likeness (QED) is 0.571. The number of rotatable bonds is 6. The summed E-state index contributed by atoms with van der Waals surface area (Å²) in [7, 11) is 0. The molecule has 0 saturated carbocycles. The fourth-order valence-electron chi connectivity index (χ4n) is 4.90. The summed E-state index contributed by atoms with van der Waals surface area (Å²) in [5.74, 6) is 2.82. The van der Waals surface area contributed by atoms with Crippen LogP contribution in [0.2, 0.25) is 0 Å². The minimum absolute atomic E-state index is 0.331. The summed E-state index contributed by atoms with van der Waals surface area (Å²) in [6.07, 6.45) is 6.96. The molecular formula is C20H26N10. The highest BCUT2D eigenvalue weighted by molar-refractivity contribution is 5.67. The molecule has 2 bridgehead atoms. The lowest BCUT2D eigenvalue weighted by atomic mass is 9.97. The Morgan fingerprint density at radius 2 is 2.00 bits per heavy atom. The topological polar surface area (TPSA) is 123 Å². The number of nitrogens with one attached hydrogen (secondary N) is 3. The molecule has 2 aliphatic rings. The molecule has 0 spiro atoms. The molecule has 5 rings (SSSR count). The van der Waals surface area contributed by atoms with Gasteiger partial charge in [0.15, 0.2) is 23.1 Å². The van der Waals surface area contributed by atoms with Gasteiger partial charge in [0, 0.05) is 42.9 Å². The Kier molecular flexibility index (Phi) is 4.75. The highest BCUT2D eigenvalue weighted by Crippen LogP contribution is 2.37. The molecule has 10 nitrogen and oxygen atoms in total. The van der Waals surface area contributed by atoms with Crippen molar-refractivity contribution in [3.05, 3.63) is 23.8 Å². The van der Waals surface area contributed by atoms with E-state index >= 15 is 0 Å². The molecule has 3 N–H and O–H groups in total. The van der Waals surface area contributed by atoms with Crippen molar-refractivity contribution in [2.75, 3.05) is 17.2 Å². The number of hydrogen-bond donors (Lipinski definition) is 3. The fraction of sp³-hybridized carbons (Fsp3) is 0.550. The van der Waals surface area contributed by atoms with Crippen molar-refractivity contribution in [2.45, 2.75) is 64.1 Å². The normalized spacial score (nSPS) is 23.6. The number of nitriles is 1. The first-order valence-electron chi connectivity index (χ1n) is 10.5. The first-order valence-corrected chi connectivity index (χ1v) is 10.5. The van der Waals surface area contributed by atoms with Gasteiger partial charge in [-0.05, 0) is 39.5 Å². The molecule has 2 aliphatic heterocycles. The molecule has 0 aromatic carbocycles. The van der Waals surface area contributed by atoms with E-state index in [4.69, 9.17) is 10.2 Å². The van der Waals surface area contributed by atoms with Crippen LogP contribution in [0, 0.1) is 25.2 Å². The van der Waals surface area contributed by atoms with E-state index in [0.29, 0.717) is 42.0 Å². The third-order valence-electron chi connectivity index (χ3n) is 6.09. The Labute approximate surface area is 174 Å². The Hall–Kier alpha value is -3.19. The van der Waals surface area contributed by atoms with Gasteiger partial charge in [0.1, 0.15) is 5.82 Å². The summed E-state index contributed by atoms with van der Waals surface area (Å²) in [4.78, 5) is 11.9. The van der Waals surface area contributed by atoms with Gasteiger partial charge in [-0.2, -0.15) is 15.5 Å². The average Bonchev–Trinajstić information content (AvgIpc) is 3.35. The van der Waals surface area contributed by atoms with Gasteiger partial charge in [-0.15, -0.1) is 0 Å². The predicted molar refractivity (Wildman–Crippen MR) is 113 cm³/mol. The van der Waals surface area contributed by atoms with Crippen molar-refractivity contribution in [1.82, 2.24) is 34.7 Å². The summed E-state index contributed by atoms with van der Waals surface area (Å²) in [5.41, 5.74) is 1.71. The van der Waals surface area contributed by atoms with E-state index in [1.54, 1.807) is 4.52 Å². The van der Waals surface area contributed by atoms with Crippen LogP contribution >= 0.6 is 0 Å². The zero-order valence-corrected chi connectivity index (χ0v) is 17.3. The number of aryl methyl sites for hydroxylation is 2. The molecule has 156 valence electrons. The van der Waals surface area contributed by atoms with Crippen LogP contribution in [0.15, 0.2) is 12.3 Å². The van der Waals surface area contributed by atoms with Crippen LogP contribution in [0.4, 0.5) is 17.5 Å². The maximum Gasteiger partial charge on any atom is 0.198 e. The second kappa shape index (κ2) is 7.57. The number of fused-ring (bicyclic) bond motifs is 3. The Balaban J connectivity index is 1.38. The summed E-state index contributed by atoms with van der Waals surface area (Å²) >= 11 is 0. The van der Waals surface area contributed by atoms with E-state index in [0.717, 1.165) is 36.5 Å². The third kappa shape index (κ3) is 3.57. The van der Waals surface area contributed by atoms with Gasteiger partial charge in [-0.1, -0.05) is 0 Å². The van der Waals surface area contributed by atoms with Crippen LogP contribution < -0.4 is 10.6 Å². The number of hydrogen-bond acceptors (Lipinski definition) is 8. The van der Waals surface area contributed by atoms with Gasteiger partial charge in [-0.3, -0.25) is 10.00 Å². The lowest BCUT2D eigenvalue weighted by molar-refractivity contribution is 0.136. The monoisotopic (exact) mass is 406 g/mol. The molecule has 2 saturated heterocycles. The van der Waals surface area contributed by atoms with Crippen LogP contribution in [0.3, 0.4) is 0 Å². The second-order valence-corrected chi connectivity index (χ2v) is 8.31. The maximum atomic E-state index is 8.95. The summed E-state index contributed by atoms with van der Waals surface area (Å²) in [6, 6.07) is 5.63. The number of piperidine rings is 1. The number of nitrogens with zero attached hydrogens (tertiary/aromatic N) is 7. The number of aromatic amines is 1. The highest BCUT2D eigenvalue weighted by Gasteiger charge is 2.40. The predicted octanol–water partition coefficient (Wildman–Crippen LogP) is 2.53. The summed E-state index contributed by atoms with van der Waals surface area (Å²) in [5, 5.41) is 27.5. The molecule has 0 radical (unpaired) electrons. The number of anilines is 3. The standard InChI is InChI=1S/C20H26N10/c1-12-8-17(27-26-12)24-18-11-30-20(22-13(2)28-30)19(25-18)23-14-9-15-4-5-16(10-14)29(15)7-3-6-21/h8,11,14-16H,3-5,7,9-10H2,1-2H3,(H,23,25)(H2,24,26,27)/t14?,15-,16?/m0/s1. The van der Waals surface area contributed by atoms with Crippen LogP contribution in [0.1, 0.15) is 43.6 Å². The van der Waals surface area contributed by atoms with E-state index in [1.165, 1.54) is 12.8 Å². The van der Waals surface area contributed by atoms with Crippen LogP contribution in [-0.4, -0.2) is 59.3 Å². The Morgan fingerprint density at radius 1 is 1.20 bits per heavy atom. The minimum atomic E-state index is 0.331. The first-order chi connectivity index (χ1) is 14.6. The van der Waals surface area contributed by atoms with Gasteiger partial charge in [0.05, 0.1) is 12.3 Å². The highest BCUT2D eigenvalue weighted by atomic mass is 15.3. The van der Waals surface area contributed by atoms with Crippen LogP contribution in [0.5, 0.6) is 0 Å². The molecule has 3 atom stereocenters. The average molecular weight is 406 g/mol. The first kappa shape index (κ1) is 18.8. The lowest BCUT2D eigenvalue weighted by Gasteiger charge is -2.39. The molecule has 0 amide bonds. The van der Waals surface area contributed by atoms with E-state index in [2.05, 4.69) is 41.9 Å². The second-order valence-electron chi connectivity index (χ2n) is 8.31. The van der Waals surface area contributed by atoms with Crippen molar-refractivity contribution in [1.29, 1.82) is 5.26 Å². The zero-order valence-electron chi connectivity index (χ0n) is 17.3. The van der Waals surface area contributed by atoms with Crippen molar-refractivity contribution in [3.8, 4) is 6.07 Å². The summed E-state index contributed by atoms with van der Waals surface area (Å²) < 4.78 is 1.77. The van der Waals surface area contributed by atoms with Gasteiger partial charge < -0.3 is 10.6 Å². The molecular weight excluding hydrogens is 380 g/mol. The fourth-order valence-corrected chi connectivity index (χ4v) is 4.90. The van der Waals surface area contributed by atoms with E-state index < -0.39 is 0 Å². The van der Waals surface area contributed by atoms with E-state index in [9.17, 15) is 0 Å². The molecule has 10 heteroatoms. The number of aromatic nitrogens is 6. The zero-order chi connectivity index (χ0) is 20.7. The maximum absolute atomic E-state index is 8.95.